The number of nitrogens with zero attached hydrogens (tertiary/aromatic N) is 3. The van der Waals surface area contributed by atoms with E-state index in [1.54, 1.807) is 0 Å². The van der Waals surface area contributed by atoms with Crippen LogP contribution in [0, 0.1) is 13.8 Å². The summed E-state index contributed by atoms with van der Waals surface area (Å²) in [6.07, 6.45) is 2.87. The van der Waals surface area contributed by atoms with Crippen LogP contribution in [0.1, 0.15) is 16.8 Å². The van der Waals surface area contributed by atoms with E-state index in [9.17, 15) is 0 Å². The lowest BCUT2D eigenvalue weighted by Crippen LogP contribution is -1.97. The standard InChI is InChI=1S/C12H13Br2N3/c1-8-5-11(6-9(2)12(8)14)17-7-10(3-4-13)15-16-17/h5-7H,3-4H2,1-2H3. The molecule has 0 N–H and O–H groups in total. The molecule has 0 aliphatic carbocycles. The number of hydrogen-bond donors (Lipinski definition) is 0. The predicted octanol–water partition coefficient (Wildman–Crippen LogP) is 3.58. The predicted molar refractivity (Wildman–Crippen MR) is 76.0 cm³/mol. The Balaban J connectivity index is 2.39. The molecule has 0 aliphatic heterocycles. The Bertz CT molecular complexity index is 511. The van der Waals surface area contributed by atoms with Crippen molar-refractivity contribution in [1.82, 2.24) is 15.0 Å². The highest BCUT2D eigenvalue weighted by atomic mass is 79.9. The summed E-state index contributed by atoms with van der Waals surface area (Å²) < 4.78 is 2.98. The lowest BCUT2D eigenvalue weighted by molar-refractivity contribution is 0.796. The molecule has 1 heterocycles. The molecule has 0 atom stereocenters. The van der Waals surface area contributed by atoms with Crippen molar-refractivity contribution in [3.05, 3.63) is 39.6 Å². The molecular formula is C12H13Br2N3. The number of alkyl halides is 1. The summed E-state index contributed by atoms with van der Waals surface area (Å²) in [6.45, 7) is 4.16. The molecule has 0 amide bonds. The Labute approximate surface area is 117 Å². The van der Waals surface area contributed by atoms with Gasteiger partial charge >= 0.3 is 0 Å². The zero-order valence-corrected chi connectivity index (χ0v) is 12.9. The van der Waals surface area contributed by atoms with E-state index in [0.717, 1.165) is 27.6 Å². The molecule has 90 valence electrons. The van der Waals surface area contributed by atoms with Crippen LogP contribution < -0.4 is 0 Å². The van der Waals surface area contributed by atoms with Crippen LogP contribution in [0.2, 0.25) is 0 Å². The minimum Gasteiger partial charge on any atom is -0.220 e. The van der Waals surface area contributed by atoms with Gasteiger partial charge in [0.15, 0.2) is 0 Å². The molecule has 2 rings (SSSR count). The first-order valence-electron chi connectivity index (χ1n) is 5.36. The van der Waals surface area contributed by atoms with Gasteiger partial charge in [-0.15, -0.1) is 5.10 Å². The van der Waals surface area contributed by atoms with Gasteiger partial charge in [0.2, 0.25) is 0 Å². The lowest BCUT2D eigenvalue weighted by Gasteiger charge is -2.07. The molecule has 0 spiro atoms. The van der Waals surface area contributed by atoms with Crippen LogP contribution in [-0.2, 0) is 6.42 Å². The normalized spacial score (nSPS) is 10.8. The van der Waals surface area contributed by atoms with E-state index in [0.29, 0.717) is 0 Å². The van der Waals surface area contributed by atoms with Crippen molar-refractivity contribution in [2.45, 2.75) is 20.3 Å². The van der Waals surface area contributed by atoms with Crippen LogP contribution in [0.25, 0.3) is 5.69 Å². The summed E-state index contributed by atoms with van der Waals surface area (Å²) >= 11 is 6.97. The summed E-state index contributed by atoms with van der Waals surface area (Å²) in [6, 6.07) is 4.20. The molecule has 0 aliphatic rings. The van der Waals surface area contributed by atoms with E-state index in [1.807, 2.05) is 10.9 Å². The van der Waals surface area contributed by atoms with Crippen LogP contribution in [0.3, 0.4) is 0 Å². The van der Waals surface area contributed by atoms with Gasteiger partial charge in [0.25, 0.3) is 0 Å². The molecule has 1 aromatic carbocycles. The maximum Gasteiger partial charge on any atom is 0.0840 e. The summed E-state index contributed by atoms with van der Waals surface area (Å²) in [5.74, 6) is 0. The summed E-state index contributed by atoms with van der Waals surface area (Å²) in [5, 5.41) is 9.19. The van der Waals surface area contributed by atoms with Crippen LogP contribution in [0.4, 0.5) is 0 Å². The van der Waals surface area contributed by atoms with E-state index in [-0.39, 0.29) is 0 Å². The van der Waals surface area contributed by atoms with E-state index in [1.165, 1.54) is 11.1 Å². The van der Waals surface area contributed by atoms with Crippen molar-refractivity contribution >= 4 is 31.9 Å². The third-order valence-corrected chi connectivity index (χ3v) is 4.22. The van der Waals surface area contributed by atoms with Gasteiger partial charge in [-0.3, -0.25) is 0 Å². The van der Waals surface area contributed by atoms with Gasteiger partial charge in [0, 0.05) is 16.2 Å². The third-order valence-electron chi connectivity index (χ3n) is 2.58. The number of benzene rings is 1. The minimum atomic E-state index is 0.897. The molecular weight excluding hydrogens is 346 g/mol. The monoisotopic (exact) mass is 357 g/mol. The van der Waals surface area contributed by atoms with Crippen molar-refractivity contribution in [2.75, 3.05) is 5.33 Å². The van der Waals surface area contributed by atoms with Gasteiger partial charge in [-0.1, -0.05) is 37.1 Å². The number of hydrogen-bond acceptors (Lipinski definition) is 2. The maximum absolute atomic E-state index is 4.15. The average Bonchev–Trinajstić information content (AvgIpc) is 2.74. The highest BCUT2D eigenvalue weighted by Gasteiger charge is 2.06. The quantitative estimate of drug-likeness (QED) is 0.785. The number of halogens is 2. The van der Waals surface area contributed by atoms with Gasteiger partial charge in [0.05, 0.1) is 17.6 Å². The summed E-state index contributed by atoms with van der Waals surface area (Å²) in [7, 11) is 0. The smallest absolute Gasteiger partial charge is 0.0840 e. The van der Waals surface area contributed by atoms with Gasteiger partial charge in [-0.05, 0) is 37.1 Å². The van der Waals surface area contributed by atoms with Gasteiger partial charge in [0.1, 0.15) is 0 Å². The highest BCUT2D eigenvalue weighted by molar-refractivity contribution is 9.10. The number of aromatic nitrogens is 3. The second kappa shape index (κ2) is 5.31. The van der Waals surface area contributed by atoms with Crippen molar-refractivity contribution in [3.8, 4) is 5.69 Å². The molecule has 0 saturated heterocycles. The van der Waals surface area contributed by atoms with Crippen LogP contribution in [-0.4, -0.2) is 20.3 Å². The van der Waals surface area contributed by atoms with Crippen molar-refractivity contribution in [2.24, 2.45) is 0 Å². The summed E-state index contributed by atoms with van der Waals surface area (Å²) in [5.41, 5.74) is 4.46. The Morgan fingerprint density at radius 1 is 1.24 bits per heavy atom. The van der Waals surface area contributed by atoms with Gasteiger partial charge in [-0.25, -0.2) is 4.68 Å². The first kappa shape index (κ1) is 12.8. The summed E-state index contributed by atoms with van der Waals surface area (Å²) in [4.78, 5) is 0. The van der Waals surface area contributed by atoms with E-state index in [2.05, 4.69) is 68.2 Å². The number of aryl methyl sites for hydroxylation is 3. The fourth-order valence-corrected chi connectivity index (χ4v) is 2.33. The molecule has 3 nitrogen and oxygen atoms in total. The van der Waals surface area contributed by atoms with Crippen molar-refractivity contribution in [3.63, 3.8) is 0 Å². The van der Waals surface area contributed by atoms with Crippen molar-refractivity contribution < 1.29 is 0 Å². The molecule has 5 heteroatoms. The Morgan fingerprint density at radius 2 is 1.88 bits per heavy atom. The van der Waals surface area contributed by atoms with Gasteiger partial charge in [-0.2, -0.15) is 0 Å². The Kier molecular flexibility index (Phi) is 3.99. The average molecular weight is 359 g/mol. The zero-order valence-electron chi connectivity index (χ0n) is 9.74. The molecule has 0 radical (unpaired) electrons. The molecule has 2 aromatic rings. The van der Waals surface area contributed by atoms with Crippen LogP contribution >= 0.6 is 31.9 Å². The van der Waals surface area contributed by atoms with Crippen LogP contribution in [0.5, 0.6) is 0 Å². The van der Waals surface area contributed by atoms with E-state index < -0.39 is 0 Å². The molecule has 17 heavy (non-hydrogen) atoms. The molecule has 0 fully saturated rings. The lowest BCUT2D eigenvalue weighted by atomic mass is 10.1. The van der Waals surface area contributed by atoms with Crippen LogP contribution in [0.15, 0.2) is 22.8 Å². The largest absolute Gasteiger partial charge is 0.220 e. The Hall–Kier alpha value is -0.680. The van der Waals surface area contributed by atoms with E-state index in [4.69, 9.17) is 0 Å². The molecule has 1 aromatic heterocycles. The first-order chi connectivity index (χ1) is 8.11. The third kappa shape index (κ3) is 2.77. The Morgan fingerprint density at radius 3 is 2.47 bits per heavy atom. The minimum absolute atomic E-state index is 0.897. The first-order valence-corrected chi connectivity index (χ1v) is 7.27. The molecule has 0 saturated carbocycles. The SMILES string of the molecule is Cc1cc(-n2cc(CCBr)nn2)cc(C)c1Br. The fourth-order valence-electron chi connectivity index (χ4n) is 1.69. The number of rotatable bonds is 3. The maximum atomic E-state index is 4.15. The molecule has 0 bridgehead atoms. The second-order valence-electron chi connectivity index (χ2n) is 3.99. The zero-order chi connectivity index (χ0) is 12.4. The second-order valence-corrected chi connectivity index (χ2v) is 5.57. The van der Waals surface area contributed by atoms with E-state index >= 15 is 0 Å². The molecule has 0 unspecified atom stereocenters. The highest BCUT2D eigenvalue weighted by Crippen LogP contribution is 2.24. The fraction of sp³-hybridized carbons (Fsp3) is 0.333. The van der Waals surface area contributed by atoms with Gasteiger partial charge < -0.3 is 0 Å². The topological polar surface area (TPSA) is 30.7 Å². The van der Waals surface area contributed by atoms with Crippen molar-refractivity contribution in [1.29, 1.82) is 0 Å².